The summed E-state index contributed by atoms with van der Waals surface area (Å²) < 4.78 is 0. The molecule has 1 aromatic rings. The van der Waals surface area contributed by atoms with E-state index in [0.29, 0.717) is 18.2 Å². The first-order valence-electron chi connectivity index (χ1n) is 7.40. The molecule has 1 fully saturated rings. The van der Waals surface area contributed by atoms with Crippen molar-refractivity contribution in [1.29, 1.82) is 0 Å². The lowest BCUT2D eigenvalue weighted by Crippen LogP contribution is -2.40. The summed E-state index contributed by atoms with van der Waals surface area (Å²) in [7, 11) is 1.91. The summed E-state index contributed by atoms with van der Waals surface area (Å²) in [4.78, 5) is 25.4. The lowest BCUT2D eigenvalue weighted by molar-refractivity contribution is -0.119. The molecule has 2 N–H and O–H groups in total. The number of amides is 2. The molecule has 1 saturated heterocycles. The summed E-state index contributed by atoms with van der Waals surface area (Å²) in [5.41, 5.74) is 1.71. The molecular formula is C16H24ClN3O2. The van der Waals surface area contributed by atoms with E-state index in [-0.39, 0.29) is 24.2 Å². The fourth-order valence-corrected chi connectivity index (χ4v) is 2.71. The number of hydrogen-bond acceptors (Lipinski definition) is 3. The average molecular weight is 326 g/mol. The SMILES string of the molecule is CNCC1CCCN1C(=O)c1ccc(CNC(C)=O)cc1.Cl. The van der Waals surface area contributed by atoms with E-state index in [0.717, 1.165) is 31.5 Å². The molecule has 2 amide bonds. The van der Waals surface area contributed by atoms with Crippen LogP contribution in [0, 0.1) is 0 Å². The molecule has 122 valence electrons. The molecule has 5 nitrogen and oxygen atoms in total. The second-order valence-electron chi connectivity index (χ2n) is 5.46. The second-order valence-corrected chi connectivity index (χ2v) is 5.46. The van der Waals surface area contributed by atoms with Crippen LogP contribution in [0.5, 0.6) is 0 Å². The van der Waals surface area contributed by atoms with Gasteiger partial charge in [-0.25, -0.2) is 0 Å². The zero-order valence-electron chi connectivity index (χ0n) is 13.1. The van der Waals surface area contributed by atoms with Gasteiger partial charge in [-0.2, -0.15) is 0 Å². The zero-order chi connectivity index (χ0) is 15.2. The Bertz CT molecular complexity index is 505. The van der Waals surface area contributed by atoms with Crippen molar-refractivity contribution >= 4 is 24.2 Å². The molecule has 0 spiro atoms. The first-order chi connectivity index (χ1) is 10.1. The molecule has 2 rings (SSSR count). The van der Waals surface area contributed by atoms with Crippen molar-refractivity contribution < 1.29 is 9.59 Å². The Hall–Kier alpha value is -1.59. The Morgan fingerprint density at radius 3 is 2.55 bits per heavy atom. The van der Waals surface area contributed by atoms with Gasteiger partial charge in [0.05, 0.1) is 0 Å². The highest BCUT2D eigenvalue weighted by molar-refractivity contribution is 5.94. The van der Waals surface area contributed by atoms with E-state index in [1.165, 1.54) is 6.92 Å². The van der Waals surface area contributed by atoms with Crippen LogP contribution in [-0.4, -0.2) is 42.9 Å². The highest BCUT2D eigenvalue weighted by Gasteiger charge is 2.28. The van der Waals surface area contributed by atoms with Crippen LogP contribution in [0.25, 0.3) is 0 Å². The Labute approximate surface area is 137 Å². The van der Waals surface area contributed by atoms with Crippen LogP contribution in [-0.2, 0) is 11.3 Å². The van der Waals surface area contributed by atoms with Crippen molar-refractivity contribution in [2.75, 3.05) is 20.1 Å². The van der Waals surface area contributed by atoms with Crippen LogP contribution in [0.3, 0.4) is 0 Å². The summed E-state index contributed by atoms with van der Waals surface area (Å²) in [6.45, 7) is 3.66. The standard InChI is InChI=1S/C16H23N3O2.ClH/c1-12(20)18-10-13-5-7-14(8-6-13)16(21)19-9-3-4-15(19)11-17-2;/h5-8,15,17H,3-4,9-11H2,1-2H3,(H,18,20);1H. The minimum atomic E-state index is -0.0536. The molecule has 1 heterocycles. The second kappa shape index (κ2) is 8.76. The fourth-order valence-electron chi connectivity index (χ4n) is 2.71. The van der Waals surface area contributed by atoms with Gasteiger partial charge in [0.1, 0.15) is 0 Å². The first kappa shape index (κ1) is 18.5. The Balaban J connectivity index is 0.00000242. The first-order valence-corrected chi connectivity index (χ1v) is 7.40. The van der Waals surface area contributed by atoms with Crippen molar-refractivity contribution in [3.05, 3.63) is 35.4 Å². The average Bonchev–Trinajstić information content (AvgIpc) is 2.93. The third kappa shape index (κ3) is 4.71. The van der Waals surface area contributed by atoms with E-state index < -0.39 is 0 Å². The van der Waals surface area contributed by atoms with Crippen molar-refractivity contribution in [3.63, 3.8) is 0 Å². The predicted molar refractivity (Wildman–Crippen MR) is 89.2 cm³/mol. The normalized spacial score (nSPS) is 17.0. The van der Waals surface area contributed by atoms with Crippen molar-refractivity contribution in [3.8, 4) is 0 Å². The topological polar surface area (TPSA) is 61.4 Å². The largest absolute Gasteiger partial charge is 0.352 e. The van der Waals surface area contributed by atoms with Crippen molar-refractivity contribution in [1.82, 2.24) is 15.5 Å². The summed E-state index contributed by atoms with van der Waals surface area (Å²) in [5, 5.41) is 5.90. The number of nitrogens with zero attached hydrogens (tertiary/aromatic N) is 1. The molecule has 0 aromatic heterocycles. The van der Waals surface area contributed by atoms with Gasteiger partial charge in [-0.1, -0.05) is 12.1 Å². The molecule has 22 heavy (non-hydrogen) atoms. The van der Waals surface area contributed by atoms with Crippen LogP contribution in [0.1, 0.15) is 35.7 Å². The van der Waals surface area contributed by atoms with Crippen LogP contribution in [0.4, 0.5) is 0 Å². The number of benzene rings is 1. The van der Waals surface area contributed by atoms with Gasteiger partial charge in [0.15, 0.2) is 0 Å². The number of carbonyl (C=O) groups is 2. The van der Waals surface area contributed by atoms with E-state index in [9.17, 15) is 9.59 Å². The highest BCUT2D eigenvalue weighted by Crippen LogP contribution is 2.19. The molecule has 0 radical (unpaired) electrons. The summed E-state index contributed by atoms with van der Waals surface area (Å²) in [6, 6.07) is 7.77. The smallest absolute Gasteiger partial charge is 0.254 e. The number of nitrogens with one attached hydrogen (secondary N) is 2. The monoisotopic (exact) mass is 325 g/mol. The van der Waals surface area contributed by atoms with Gasteiger partial charge in [0.25, 0.3) is 5.91 Å². The van der Waals surface area contributed by atoms with Gasteiger partial charge >= 0.3 is 0 Å². The lowest BCUT2D eigenvalue weighted by Gasteiger charge is -2.24. The summed E-state index contributed by atoms with van der Waals surface area (Å²) >= 11 is 0. The predicted octanol–water partition coefficient (Wildman–Crippen LogP) is 1.57. The molecule has 1 aliphatic heterocycles. The molecular weight excluding hydrogens is 302 g/mol. The van der Waals surface area contributed by atoms with Crippen LogP contribution >= 0.6 is 12.4 Å². The Kier molecular flexibility index (Phi) is 7.35. The maximum Gasteiger partial charge on any atom is 0.254 e. The summed E-state index contributed by atoms with van der Waals surface area (Å²) in [6.07, 6.45) is 2.13. The maximum absolute atomic E-state index is 12.5. The van der Waals surface area contributed by atoms with Gasteiger partial charge in [0, 0.05) is 38.2 Å². The molecule has 0 saturated carbocycles. The fraction of sp³-hybridized carbons (Fsp3) is 0.500. The highest BCUT2D eigenvalue weighted by atomic mass is 35.5. The molecule has 1 aliphatic rings. The van der Waals surface area contributed by atoms with E-state index >= 15 is 0 Å². The Morgan fingerprint density at radius 2 is 1.95 bits per heavy atom. The molecule has 6 heteroatoms. The molecule has 0 aliphatic carbocycles. The van der Waals surface area contributed by atoms with Crippen molar-refractivity contribution in [2.24, 2.45) is 0 Å². The van der Waals surface area contributed by atoms with Crippen LogP contribution in [0.15, 0.2) is 24.3 Å². The van der Waals surface area contributed by atoms with E-state index in [1.54, 1.807) is 0 Å². The molecule has 0 bridgehead atoms. The quantitative estimate of drug-likeness (QED) is 0.864. The molecule has 1 unspecified atom stereocenters. The number of likely N-dealkylation sites (tertiary alicyclic amines) is 1. The van der Waals surface area contributed by atoms with Gasteiger partial charge in [0.2, 0.25) is 5.91 Å². The van der Waals surface area contributed by atoms with Crippen LogP contribution < -0.4 is 10.6 Å². The minimum absolute atomic E-state index is 0. The van der Waals surface area contributed by atoms with E-state index in [4.69, 9.17) is 0 Å². The van der Waals surface area contributed by atoms with Crippen LogP contribution in [0.2, 0.25) is 0 Å². The number of likely N-dealkylation sites (N-methyl/N-ethyl adjacent to an activating group) is 1. The lowest BCUT2D eigenvalue weighted by atomic mass is 10.1. The molecule has 1 atom stereocenters. The third-order valence-electron chi connectivity index (χ3n) is 3.82. The molecule has 1 aromatic carbocycles. The number of hydrogen-bond donors (Lipinski definition) is 2. The van der Waals surface area contributed by atoms with Gasteiger partial charge in [-0.05, 0) is 37.6 Å². The minimum Gasteiger partial charge on any atom is -0.352 e. The van der Waals surface area contributed by atoms with E-state index in [1.807, 2.05) is 36.2 Å². The van der Waals surface area contributed by atoms with Crippen molar-refractivity contribution in [2.45, 2.75) is 32.4 Å². The maximum atomic E-state index is 12.5. The van der Waals surface area contributed by atoms with E-state index in [2.05, 4.69) is 10.6 Å². The third-order valence-corrected chi connectivity index (χ3v) is 3.82. The van der Waals surface area contributed by atoms with Gasteiger partial charge < -0.3 is 15.5 Å². The number of halogens is 1. The number of rotatable bonds is 5. The van der Waals surface area contributed by atoms with Gasteiger partial charge in [-0.15, -0.1) is 12.4 Å². The summed E-state index contributed by atoms with van der Waals surface area (Å²) in [5.74, 6) is 0.0426. The Morgan fingerprint density at radius 1 is 1.27 bits per heavy atom. The number of carbonyl (C=O) groups excluding carboxylic acids is 2. The van der Waals surface area contributed by atoms with Gasteiger partial charge in [-0.3, -0.25) is 9.59 Å². The zero-order valence-corrected chi connectivity index (χ0v) is 13.9.